The third-order valence-corrected chi connectivity index (χ3v) is 6.39. The molecular weight excluding hydrogens is 450 g/mol. The lowest BCUT2D eigenvalue weighted by Crippen LogP contribution is -2.42. The van der Waals surface area contributed by atoms with Gasteiger partial charge in [-0.15, -0.1) is 11.3 Å². The van der Waals surface area contributed by atoms with Crippen molar-refractivity contribution < 1.29 is 19.1 Å². The molecule has 176 valence electrons. The Kier molecular flexibility index (Phi) is 7.59. The number of rotatable bonds is 8. The first-order chi connectivity index (χ1) is 16.5. The number of thiazole rings is 1. The van der Waals surface area contributed by atoms with Crippen molar-refractivity contribution >= 4 is 34.9 Å². The number of anilines is 1. The second-order valence-electron chi connectivity index (χ2n) is 7.93. The van der Waals surface area contributed by atoms with E-state index in [9.17, 15) is 9.59 Å². The molecule has 0 radical (unpaired) electrons. The number of para-hydroxylation sites is 1. The lowest BCUT2D eigenvalue weighted by Gasteiger charge is -2.22. The Morgan fingerprint density at radius 1 is 1.21 bits per heavy atom. The normalized spacial score (nSPS) is 15.5. The van der Waals surface area contributed by atoms with E-state index in [2.05, 4.69) is 10.3 Å². The number of aromatic nitrogens is 1. The summed E-state index contributed by atoms with van der Waals surface area (Å²) in [5.74, 6) is 1.00. The number of methoxy groups -OCH3 is 1. The van der Waals surface area contributed by atoms with Gasteiger partial charge in [-0.25, -0.2) is 4.98 Å². The van der Waals surface area contributed by atoms with Crippen LogP contribution in [0.5, 0.6) is 11.5 Å². The van der Waals surface area contributed by atoms with E-state index in [1.54, 1.807) is 53.7 Å². The van der Waals surface area contributed by atoms with Gasteiger partial charge in [-0.05, 0) is 56.2 Å². The number of ether oxygens (including phenoxy) is 2. The van der Waals surface area contributed by atoms with Gasteiger partial charge in [0.1, 0.15) is 24.1 Å². The van der Waals surface area contributed by atoms with Crippen LogP contribution in [0.3, 0.4) is 0 Å². The van der Waals surface area contributed by atoms with Crippen LogP contribution < -0.4 is 14.8 Å². The van der Waals surface area contributed by atoms with E-state index >= 15 is 0 Å². The summed E-state index contributed by atoms with van der Waals surface area (Å²) >= 11 is 1.58. The molecule has 2 aromatic carbocycles. The summed E-state index contributed by atoms with van der Waals surface area (Å²) in [6.07, 6.45) is 4.66. The van der Waals surface area contributed by atoms with Crippen LogP contribution in [0, 0.1) is 6.92 Å². The first-order valence-electron chi connectivity index (χ1n) is 11.1. The zero-order chi connectivity index (χ0) is 23.9. The standard InChI is InChI=1S/C26H27N3O4S/c1-18-27-21(17-34-18)16-33-24-8-4-3-6-19(24)9-14-25(30)29-15-5-7-23(29)26(31)28-20-10-12-22(32-2)13-11-20/h3-4,6,8-14,17,23H,5,7,15-16H2,1-2H3,(H,28,31). The van der Waals surface area contributed by atoms with Crippen molar-refractivity contribution in [1.29, 1.82) is 0 Å². The molecule has 1 saturated heterocycles. The maximum atomic E-state index is 13.0. The molecule has 1 atom stereocenters. The Balaban J connectivity index is 1.39. The number of amides is 2. The van der Waals surface area contributed by atoms with Gasteiger partial charge in [-0.1, -0.05) is 18.2 Å². The molecule has 0 spiro atoms. The van der Waals surface area contributed by atoms with Crippen molar-refractivity contribution in [1.82, 2.24) is 9.88 Å². The van der Waals surface area contributed by atoms with Gasteiger partial charge in [-0.3, -0.25) is 9.59 Å². The predicted molar refractivity (Wildman–Crippen MR) is 133 cm³/mol. The Bertz CT molecular complexity index is 1170. The summed E-state index contributed by atoms with van der Waals surface area (Å²) in [7, 11) is 1.59. The van der Waals surface area contributed by atoms with Gasteiger partial charge < -0.3 is 19.7 Å². The largest absolute Gasteiger partial charge is 0.497 e. The third kappa shape index (κ3) is 5.82. The monoisotopic (exact) mass is 477 g/mol. The molecule has 3 aromatic rings. The minimum atomic E-state index is -0.501. The first kappa shape index (κ1) is 23.5. The molecule has 1 fully saturated rings. The highest BCUT2D eigenvalue weighted by Gasteiger charge is 2.33. The molecule has 2 heterocycles. The molecular formula is C26H27N3O4S. The quantitative estimate of drug-likeness (QED) is 0.477. The molecule has 7 nitrogen and oxygen atoms in total. The number of carbonyl (C=O) groups excluding carboxylic acids is 2. The van der Waals surface area contributed by atoms with Gasteiger partial charge in [0.15, 0.2) is 0 Å². The second-order valence-corrected chi connectivity index (χ2v) is 8.99. The van der Waals surface area contributed by atoms with Crippen molar-refractivity contribution in [2.45, 2.75) is 32.4 Å². The fraction of sp³-hybridized carbons (Fsp3) is 0.269. The van der Waals surface area contributed by atoms with Crippen LogP contribution in [0.25, 0.3) is 6.08 Å². The maximum absolute atomic E-state index is 13.0. The molecule has 1 aromatic heterocycles. The van der Waals surface area contributed by atoms with Crippen molar-refractivity contribution in [3.05, 3.63) is 76.3 Å². The van der Waals surface area contributed by atoms with Crippen LogP contribution in [-0.4, -0.2) is 41.4 Å². The molecule has 8 heteroatoms. The lowest BCUT2D eigenvalue weighted by atomic mass is 10.1. The molecule has 1 N–H and O–H groups in total. The topological polar surface area (TPSA) is 80.8 Å². The van der Waals surface area contributed by atoms with E-state index in [1.165, 1.54) is 6.08 Å². The van der Waals surface area contributed by atoms with Gasteiger partial charge in [0.25, 0.3) is 0 Å². The average molecular weight is 478 g/mol. The predicted octanol–water partition coefficient (Wildman–Crippen LogP) is 4.68. The molecule has 0 bridgehead atoms. The Hall–Kier alpha value is -3.65. The van der Waals surface area contributed by atoms with Crippen molar-refractivity contribution in [2.24, 2.45) is 0 Å². The van der Waals surface area contributed by atoms with Crippen LogP contribution in [-0.2, 0) is 16.2 Å². The Morgan fingerprint density at radius 3 is 2.74 bits per heavy atom. The molecule has 2 amide bonds. The van der Waals surface area contributed by atoms with Crippen LogP contribution in [0.15, 0.2) is 60.0 Å². The number of hydrogen-bond donors (Lipinski definition) is 1. The zero-order valence-corrected chi connectivity index (χ0v) is 20.0. The minimum Gasteiger partial charge on any atom is -0.497 e. The van der Waals surface area contributed by atoms with E-state index in [-0.39, 0.29) is 11.8 Å². The number of likely N-dealkylation sites (tertiary alicyclic amines) is 1. The summed E-state index contributed by atoms with van der Waals surface area (Å²) in [5, 5.41) is 5.87. The van der Waals surface area contributed by atoms with Crippen LogP contribution in [0.2, 0.25) is 0 Å². The molecule has 0 saturated carbocycles. The molecule has 0 aliphatic carbocycles. The average Bonchev–Trinajstić information content (AvgIpc) is 3.51. The molecule has 4 rings (SSSR count). The highest BCUT2D eigenvalue weighted by atomic mass is 32.1. The molecule has 1 unspecified atom stereocenters. The van der Waals surface area contributed by atoms with Crippen LogP contribution in [0.1, 0.15) is 29.1 Å². The van der Waals surface area contributed by atoms with E-state index in [0.717, 1.165) is 22.7 Å². The lowest BCUT2D eigenvalue weighted by molar-refractivity contribution is -0.132. The van der Waals surface area contributed by atoms with E-state index in [1.807, 2.05) is 36.6 Å². The van der Waals surface area contributed by atoms with E-state index in [4.69, 9.17) is 9.47 Å². The van der Waals surface area contributed by atoms with E-state index < -0.39 is 6.04 Å². The first-order valence-corrected chi connectivity index (χ1v) is 12.0. The summed E-state index contributed by atoms with van der Waals surface area (Å²) in [6, 6.07) is 14.2. The molecule has 1 aliphatic rings. The highest BCUT2D eigenvalue weighted by Crippen LogP contribution is 2.24. The molecule has 1 aliphatic heterocycles. The van der Waals surface area contributed by atoms with Gasteiger partial charge in [0, 0.05) is 29.3 Å². The summed E-state index contributed by atoms with van der Waals surface area (Å²) in [4.78, 5) is 31.8. The summed E-state index contributed by atoms with van der Waals surface area (Å²) in [5.41, 5.74) is 2.34. The number of aryl methyl sites for hydroxylation is 1. The van der Waals surface area contributed by atoms with Gasteiger partial charge in [0.2, 0.25) is 11.8 Å². The zero-order valence-electron chi connectivity index (χ0n) is 19.2. The Morgan fingerprint density at radius 2 is 2.00 bits per heavy atom. The van der Waals surface area contributed by atoms with Crippen molar-refractivity contribution in [3.63, 3.8) is 0 Å². The van der Waals surface area contributed by atoms with Crippen LogP contribution >= 0.6 is 11.3 Å². The third-order valence-electron chi connectivity index (χ3n) is 5.56. The number of nitrogens with one attached hydrogen (secondary N) is 1. The van der Waals surface area contributed by atoms with Gasteiger partial charge >= 0.3 is 0 Å². The SMILES string of the molecule is COc1ccc(NC(=O)C2CCCN2C(=O)C=Cc2ccccc2OCc2csc(C)n2)cc1. The fourth-order valence-corrected chi connectivity index (χ4v) is 4.43. The van der Waals surface area contributed by atoms with Crippen molar-refractivity contribution in [2.75, 3.05) is 19.0 Å². The second kappa shape index (κ2) is 11.0. The van der Waals surface area contributed by atoms with E-state index in [0.29, 0.717) is 36.8 Å². The number of carbonyl (C=O) groups is 2. The summed E-state index contributed by atoms with van der Waals surface area (Å²) < 4.78 is 11.1. The fourth-order valence-electron chi connectivity index (χ4n) is 3.84. The Labute approximate surface area is 203 Å². The highest BCUT2D eigenvalue weighted by molar-refractivity contribution is 7.09. The maximum Gasteiger partial charge on any atom is 0.247 e. The van der Waals surface area contributed by atoms with Crippen molar-refractivity contribution in [3.8, 4) is 11.5 Å². The number of benzene rings is 2. The van der Waals surface area contributed by atoms with Crippen LogP contribution in [0.4, 0.5) is 5.69 Å². The minimum absolute atomic E-state index is 0.188. The van der Waals surface area contributed by atoms with Gasteiger partial charge in [0.05, 0.1) is 17.8 Å². The summed E-state index contributed by atoms with van der Waals surface area (Å²) in [6.45, 7) is 2.87. The number of nitrogens with zero attached hydrogens (tertiary/aromatic N) is 2. The molecule has 34 heavy (non-hydrogen) atoms. The van der Waals surface area contributed by atoms with Gasteiger partial charge in [-0.2, -0.15) is 0 Å². The smallest absolute Gasteiger partial charge is 0.247 e. The number of hydrogen-bond acceptors (Lipinski definition) is 6.